The molecule has 1 saturated carbocycles. The Morgan fingerprint density at radius 1 is 1.21 bits per heavy atom. The number of rotatable bonds is 2. The van der Waals surface area contributed by atoms with Crippen molar-refractivity contribution in [1.82, 2.24) is 0 Å². The summed E-state index contributed by atoms with van der Waals surface area (Å²) >= 11 is 6.11. The van der Waals surface area contributed by atoms with Crippen molar-refractivity contribution in [2.45, 2.75) is 45.1 Å². The number of hydrogen-bond acceptors (Lipinski definition) is 3. The van der Waals surface area contributed by atoms with Gasteiger partial charge in [0.25, 0.3) is 0 Å². The fourth-order valence-corrected chi connectivity index (χ4v) is 3.08. The molecule has 1 aliphatic rings. The van der Waals surface area contributed by atoms with Crippen LogP contribution in [0.5, 0.6) is 0 Å². The molecule has 0 unspecified atom stereocenters. The van der Waals surface area contributed by atoms with Crippen LogP contribution >= 0.6 is 11.6 Å². The molecule has 104 valence electrons. The fraction of sp³-hybridized carbons (Fsp3) is 0.533. The van der Waals surface area contributed by atoms with Crippen molar-refractivity contribution in [3.8, 4) is 0 Å². The quantitative estimate of drug-likeness (QED) is 0.571. The van der Waals surface area contributed by atoms with Gasteiger partial charge in [-0.2, -0.15) is 0 Å². The van der Waals surface area contributed by atoms with Crippen LogP contribution in [0.2, 0.25) is 5.02 Å². The second-order valence-corrected chi connectivity index (χ2v) is 6.86. The van der Waals surface area contributed by atoms with Crippen LogP contribution in [0.4, 0.5) is 5.69 Å². The topological polar surface area (TPSA) is 75.9 Å². The summed E-state index contributed by atoms with van der Waals surface area (Å²) in [6.07, 6.45) is 5.25. The SMILES string of the molecule is CC1(C)CCC(N)(c2cc(Cl)cc(N)c2C=N)CC1. The highest BCUT2D eigenvalue weighted by Crippen LogP contribution is 2.45. The minimum absolute atomic E-state index is 0.345. The van der Waals surface area contributed by atoms with Crippen LogP contribution in [-0.4, -0.2) is 6.21 Å². The summed E-state index contributed by atoms with van der Waals surface area (Å²) in [5.41, 5.74) is 14.7. The Morgan fingerprint density at radius 2 is 1.79 bits per heavy atom. The minimum atomic E-state index is -0.415. The van der Waals surface area contributed by atoms with Crippen molar-refractivity contribution in [2.24, 2.45) is 11.1 Å². The maximum absolute atomic E-state index is 7.58. The van der Waals surface area contributed by atoms with Gasteiger partial charge in [0.2, 0.25) is 0 Å². The first-order chi connectivity index (χ1) is 8.77. The van der Waals surface area contributed by atoms with E-state index in [9.17, 15) is 0 Å². The fourth-order valence-electron chi connectivity index (χ4n) is 2.85. The maximum atomic E-state index is 7.58. The smallest absolute Gasteiger partial charge is 0.0430 e. The molecule has 0 bridgehead atoms. The third-order valence-corrected chi connectivity index (χ3v) is 4.57. The molecule has 5 N–H and O–H groups in total. The van der Waals surface area contributed by atoms with Gasteiger partial charge in [0, 0.05) is 28.0 Å². The molecule has 2 rings (SSSR count). The van der Waals surface area contributed by atoms with Crippen LogP contribution < -0.4 is 11.5 Å². The van der Waals surface area contributed by atoms with Gasteiger partial charge >= 0.3 is 0 Å². The van der Waals surface area contributed by atoms with Crippen molar-refractivity contribution in [2.75, 3.05) is 5.73 Å². The summed E-state index contributed by atoms with van der Waals surface area (Å²) in [6, 6.07) is 3.55. The third kappa shape index (κ3) is 2.77. The second kappa shape index (κ2) is 4.80. The molecule has 0 heterocycles. The van der Waals surface area contributed by atoms with Crippen LogP contribution in [0.25, 0.3) is 0 Å². The van der Waals surface area contributed by atoms with Crippen molar-refractivity contribution >= 4 is 23.5 Å². The first-order valence-electron chi connectivity index (χ1n) is 6.66. The maximum Gasteiger partial charge on any atom is 0.0430 e. The van der Waals surface area contributed by atoms with Gasteiger partial charge in [-0.1, -0.05) is 25.4 Å². The van der Waals surface area contributed by atoms with Crippen LogP contribution in [0.15, 0.2) is 12.1 Å². The predicted octanol–water partition coefficient (Wildman–Crippen LogP) is 3.67. The molecule has 3 nitrogen and oxygen atoms in total. The molecule has 1 aromatic carbocycles. The largest absolute Gasteiger partial charge is 0.398 e. The lowest BCUT2D eigenvalue weighted by molar-refractivity contribution is 0.165. The normalized spacial score (nSPS) is 21.1. The number of benzene rings is 1. The molecule has 19 heavy (non-hydrogen) atoms. The van der Waals surface area contributed by atoms with Crippen LogP contribution in [0, 0.1) is 10.8 Å². The summed E-state index contributed by atoms with van der Waals surface area (Å²) in [6.45, 7) is 4.55. The number of halogens is 1. The highest BCUT2D eigenvalue weighted by molar-refractivity contribution is 6.31. The minimum Gasteiger partial charge on any atom is -0.398 e. The van der Waals surface area contributed by atoms with Gasteiger partial charge < -0.3 is 16.9 Å². The molecule has 0 aliphatic heterocycles. The van der Waals surface area contributed by atoms with E-state index in [4.69, 9.17) is 28.5 Å². The highest BCUT2D eigenvalue weighted by Gasteiger charge is 2.38. The van der Waals surface area contributed by atoms with E-state index in [0.717, 1.165) is 31.2 Å². The van der Waals surface area contributed by atoms with E-state index >= 15 is 0 Å². The monoisotopic (exact) mass is 279 g/mol. The Balaban J connectivity index is 2.44. The van der Waals surface area contributed by atoms with E-state index in [-0.39, 0.29) is 0 Å². The Hall–Kier alpha value is -1.06. The number of nitrogens with two attached hydrogens (primary N) is 2. The molecule has 0 atom stereocenters. The van der Waals surface area contributed by atoms with Crippen LogP contribution in [0.3, 0.4) is 0 Å². The zero-order chi connectivity index (χ0) is 14.3. The Bertz CT molecular complexity index is 498. The lowest BCUT2D eigenvalue weighted by Gasteiger charge is -2.42. The van der Waals surface area contributed by atoms with E-state index in [0.29, 0.717) is 21.7 Å². The number of nitrogens with one attached hydrogen (secondary N) is 1. The van der Waals surface area contributed by atoms with E-state index in [1.807, 2.05) is 6.07 Å². The Morgan fingerprint density at radius 3 is 2.32 bits per heavy atom. The van der Waals surface area contributed by atoms with Crippen molar-refractivity contribution < 1.29 is 0 Å². The summed E-state index contributed by atoms with van der Waals surface area (Å²) < 4.78 is 0. The summed E-state index contributed by atoms with van der Waals surface area (Å²) in [5.74, 6) is 0. The van der Waals surface area contributed by atoms with Crippen molar-refractivity contribution in [3.05, 3.63) is 28.3 Å². The van der Waals surface area contributed by atoms with Gasteiger partial charge in [0.15, 0.2) is 0 Å². The molecule has 1 fully saturated rings. The molecule has 0 aromatic heterocycles. The molecule has 0 amide bonds. The number of nitrogen functional groups attached to an aromatic ring is 1. The first-order valence-corrected chi connectivity index (χ1v) is 7.04. The lowest BCUT2D eigenvalue weighted by atomic mass is 9.67. The van der Waals surface area contributed by atoms with Gasteiger partial charge in [-0.25, -0.2) is 0 Å². The second-order valence-electron chi connectivity index (χ2n) is 6.42. The Kier molecular flexibility index (Phi) is 3.63. The van der Waals surface area contributed by atoms with E-state index < -0.39 is 5.54 Å². The zero-order valence-corrected chi connectivity index (χ0v) is 12.3. The Labute approximate surface area is 119 Å². The van der Waals surface area contributed by atoms with Gasteiger partial charge in [-0.15, -0.1) is 0 Å². The van der Waals surface area contributed by atoms with Gasteiger partial charge in [0.05, 0.1) is 0 Å². The van der Waals surface area contributed by atoms with E-state index in [1.54, 1.807) is 6.07 Å². The average molecular weight is 280 g/mol. The lowest BCUT2D eigenvalue weighted by Crippen LogP contribution is -2.43. The van der Waals surface area contributed by atoms with Crippen LogP contribution in [0.1, 0.15) is 50.7 Å². The van der Waals surface area contributed by atoms with Crippen molar-refractivity contribution in [3.63, 3.8) is 0 Å². The molecular formula is C15H22ClN3. The number of anilines is 1. The molecule has 1 aliphatic carbocycles. The summed E-state index contributed by atoms with van der Waals surface area (Å²) in [7, 11) is 0. The third-order valence-electron chi connectivity index (χ3n) is 4.35. The van der Waals surface area contributed by atoms with E-state index in [1.165, 1.54) is 6.21 Å². The summed E-state index contributed by atoms with van der Waals surface area (Å²) in [4.78, 5) is 0. The molecule has 1 aromatic rings. The molecule has 0 saturated heterocycles. The molecule has 0 spiro atoms. The van der Waals surface area contributed by atoms with E-state index in [2.05, 4.69) is 13.8 Å². The van der Waals surface area contributed by atoms with Gasteiger partial charge in [-0.3, -0.25) is 0 Å². The standard InChI is InChI=1S/C15H22ClN3/c1-14(2)3-5-15(19,6-4-14)12-7-10(16)8-13(18)11(12)9-17/h7-9,17H,3-6,18-19H2,1-2H3. The highest BCUT2D eigenvalue weighted by atomic mass is 35.5. The molecule has 0 radical (unpaired) electrons. The summed E-state index contributed by atoms with van der Waals surface area (Å²) in [5, 5.41) is 8.17. The zero-order valence-electron chi connectivity index (χ0n) is 11.6. The molecule has 4 heteroatoms. The van der Waals surface area contributed by atoms with Gasteiger partial charge in [-0.05, 0) is 48.8 Å². The van der Waals surface area contributed by atoms with Crippen LogP contribution in [-0.2, 0) is 5.54 Å². The number of hydrogen-bond donors (Lipinski definition) is 3. The van der Waals surface area contributed by atoms with Crippen molar-refractivity contribution in [1.29, 1.82) is 5.41 Å². The first kappa shape index (κ1) is 14.4. The predicted molar refractivity (Wildman–Crippen MR) is 81.9 cm³/mol. The average Bonchev–Trinajstić information content (AvgIpc) is 2.33. The van der Waals surface area contributed by atoms with Gasteiger partial charge in [0.1, 0.15) is 0 Å². The molecular weight excluding hydrogens is 258 g/mol.